The van der Waals surface area contributed by atoms with E-state index >= 15 is 0 Å². The summed E-state index contributed by atoms with van der Waals surface area (Å²) in [4.78, 5) is 30.4. The van der Waals surface area contributed by atoms with Crippen molar-refractivity contribution in [2.24, 2.45) is 0 Å². The number of rotatable bonds is 5. The third kappa shape index (κ3) is 4.65. The summed E-state index contributed by atoms with van der Waals surface area (Å²) in [5.41, 5.74) is 2.01. The molecule has 1 saturated heterocycles. The van der Waals surface area contributed by atoms with Gasteiger partial charge >= 0.3 is 0 Å². The minimum absolute atomic E-state index is 0.206. The van der Waals surface area contributed by atoms with Crippen LogP contribution in [0.2, 0.25) is 0 Å². The number of benzene rings is 2. The summed E-state index contributed by atoms with van der Waals surface area (Å²) in [5.74, 6) is 0.901. The number of hydrogen-bond acceptors (Lipinski definition) is 6. The molecule has 7 nitrogen and oxygen atoms in total. The fourth-order valence-electron chi connectivity index (χ4n) is 4.00. The number of pyridine rings is 1. The van der Waals surface area contributed by atoms with Crippen LogP contribution in [0.1, 0.15) is 0 Å². The van der Waals surface area contributed by atoms with E-state index in [0.717, 1.165) is 35.4 Å². The lowest BCUT2D eigenvalue weighted by atomic mass is 10.2. The second-order valence-corrected chi connectivity index (χ2v) is 7.92. The summed E-state index contributed by atoms with van der Waals surface area (Å²) >= 11 is 0. The van der Waals surface area contributed by atoms with E-state index in [1.165, 1.54) is 6.07 Å². The highest BCUT2D eigenvalue weighted by Crippen LogP contribution is 2.28. The van der Waals surface area contributed by atoms with Crippen LogP contribution in [0.5, 0.6) is 0 Å². The Kier molecular flexibility index (Phi) is 5.91. The normalized spacial score (nSPS) is 14.4. The first kappa shape index (κ1) is 21.0. The van der Waals surface area contributed by atoms with Crippen molar-refractivity contribution < 1.29 is 9.18 Å². The fraction of sp³-hybridized carbons (Fsp3) is 0.200. The number of piperazine rings is 1. The molecule has 0 radical (unpaired) electrons. The topological polar surface area (TPSA) is 74.2 Å². The molecule has 4 aromatic rings. The molecule has 166 valence electrons. The lowest BCUT2D eigenvalue weighted by Crippen LogP contribution is -2.49. The van der Waals surface area contributed by atoms with E-state index in [1.807, 2.05) is 36.4 Å². The molecule has 0 atom stereocenters. The van der Waals surface area contributed by atoms with Crippen molar-refractivity contribution in [3.8, 4) is 11.4 Å². The van der Waals surface area contributed by atoms with E-state index in [1.54, 1.807) is 30.6 Å². The van der Waals surface area contributed by atoms with Crippen molar-refractivity contribution in [1.82, 2.24) is 19.9 Å². The number of hydrogen-bond donors (Lipinski definition) is 1. The monoisotopic (exact) mass is 442 g/mol. The molecule has 0 unspecified atom stereocenters. The molecule has 5 rings (SSSR count). The summed E-state index contributed by atoms with van der Waals surface area (Å²) in [7, 11) is 0. The molecule has 2 aromatic carbocycles. The third-order valence-corrected chi connectivity index (χ3v) is 5.71. The molecule has 0 bridgehead atoms. The molecular weight excluding hydrogens is 419 g/mol. The van der Waals surface area contributed by atoms with Gasteiger partial charge in [-0.15, -0.1) is 0 Å². The Bertz CT molecular complexity index is 1270. The Labute approximate surface area is 190 Å². The van der Waals surface area contributed by atoms with Gasteiger partial charge in [-0.25, -0.2) is 14.4 Å². The summed E-state index contributed by atoms with van der Waals surface area (Å²) in [6, 6.07) is 18.0. The highest BCUT2D eigenvalue weighted by molar-refractivity contribution is 5.93. The van der Waals surface area contributed by atoms with Crippen molar-refractivity contribution in [1.29, 1.82) is 0 Å². The first-order valence-electron chi connectivity index (χ1n) is 10.9. The van der Waals surface area contributed by atoms with Crippen LogP contribution in [0.15, 0.2) is 73.1 Å². The number of halogens is 1. The van der Waals surface area contributed by atoms with Crippen LogP contribution < -0.4 is 10.2 Å². The third-order valence-electron chi connectivity index (χ3n) is 5.71. The molecule has 8 heteroatoms. The Morgan fingerprint density at radius 1 is 0.909 bits per heavy atom. The average molecular weight is 442 g/mol. The molecule has 0 spiro atoms. The Hall–Kier alpha value is -3.91. The average Bonchev–Trinajstić information content (AvgIpc) is 2.86. The highest BCUT2D eigenvalue weighted by Gasteiger charge is 2.22. The predicted molar refractivity (Wildman–Crippen MR) is 126 cm³/mol. The van der Waals surface area contributed by atoms with Crippen molar-refractivity contribution in [3.63, 3.8) is 0 Å². The summed E-state index contributed by atoms with van der Waals surface area (Å²) in [6.07, 6.45) is 3.47. The molecule has 2 aromatic heterocycles. The van der Waals surface area contributed by atoms with Gasteiger partial charge in [0.1, 0.15) is 11.6 Å². The van der Waals surface area contributed by atoms with Gasteiger partial charge in [0, 0.05) is 49.5 Å². The maximum atomic E-state index is 13.8. The van der Waals surface area contributed by atoms with Gasteiger partial charge in [0.2, 0.25) is 5.91 Å². The molecule has 1 aliphatic heterocycles. The number of anilines is 2. The lowest BCUT2D eigenvalue weighted by Gasteiger charge is -2.35. The molecular formula is C25H23FN6O. The standard InChI is InChI=1S/C25H23FN6O/c26-20-6-2-4-8-22(20)28-23(33)17-31-13-15-32(16-14-31)25-19-5-1-3-7-21(19)29-24(30-25)18-9-11-27-12-10-18/h1-12H,13-17H2,(H,28,33). The van der Waals surface area contributed by atoms with Gasteiger partial charge in [-0.3, -0.25) is 14.7 Å². The Morgan fingerprint density at radius 3 is 2.42 bits per heavy atom. The smallest absolute Gasteiger partial charge is 0.238 e. The SMILES string of the molecule is O=C(CN1CCN(c2nc(-c3ccncc3)nc3ccccc23)CC1)Nc1ccccc1F. The summed E-state index contributed by atoms with van der Waals surface area (Å²) in [6.45, 7) is 3.07. The number of fused-ring (bicyclic) bond motifs is 1. The van der Waals surface area contributed by atoms with Crippen molar-refractivity contribution in [2.45, 2.75) is 0 Å². The zero-order valence-corrected chi connectivity index (χ0v) is 18.0. The summed E-state index contributed by atoms with van der Waals surface area (Å²) in [5, 5.41) is 3.66. The van der Waals surface area contributed by atoms with Gasteiger partial charge in [0.15, 0.2) is 5.82 Å². The van der Waals surface area contributed by atoms with Crippen LogP contribution in [0.3, 0.4) is 0 Å². The van der Waals surface area contributed by atoms with Crippen LogP contribution in [-0.2, 0) is 4.79 Å². The van der Waals surface area contributed by atoms with E-state index < -0.39 is 5.82 Å². The van der Waals surface area contributed by atoms with Crippen LogP contribution in [0.25, 0.3) is 22.3 Å². The minimum Gasteiger partial charge on any atom is -0.353 e. The maximum Gasteiger partial charge on any atom is 0.238 e. The van der Waals surface area contributed by atoms with E-state index in [0.29, 0.717) is 18.9 Å². The fourth-order valence-corrected chi connectivity index (χ4v) is 4.00. The molecule has 1 aliphatic rings. The van der Waals surface area contributed by atoms with Gasteiger partial charge in [-0.05, 0) is 36.4 Å². The first-order valence-corrected chi connectivity index (χ1v) is 10.9. The van der Waals surface area contributed by atoms with E-state index in [2.05, 4.69) is 20.1 Å². The zero-order chi connectivity index (χ0) is 22.6. The van der Waals surface area contributed by atoms with E-state index in [-0.39, 0.29) is 18.1 Å². The Balaban J connectivity index is 1.30. The highest BCUT2D eigenvalue weighted by atomic mass is 19.1. The molecule has 1 fully saturated rings. The van der Waals surface area contributed by atoms with Gasteiger partial charge in [0.05, 0.1) is 17.7 Å². The van der Waals surface area contributed by atoms with Gasteiger partial charge in [0.25, 0.3) is 0 Å². The van der Waals surface area contributed by atoms with Crippen molar-refractivity contribution >= 4 is 28.3 Å². The second kappa shape index (κ2) is 9.30. The summed E-state index contributed by atoms with van der Waals surface area (Å²) < 4.78 is 13.8. The van der Waals surface area contributed by atoms with Gasteiger partial charge in [-0.1, -0.05) is 24.3 Å². The molecule has 33 heavy (non-hydrogen) atoms. The number of nitrogens with one attached hydrogen (secondary N) is 1. The van der Waals surface area contributed by atoms with Gasteiger partial charge < -0.3 is 10.2 Å². The molecule has 1 amide bonds. The number of amides is 1. The van der Waals surface area contributed by atoms with Crippen LogP contribution in [-0.4, -0.2) is 58.5 Å². The molecule has 0 aliphatic carbocycles. The molecule has 1 N–H and O–H groups in total. The number of nitrogens with zero attached hydrogens (tertiary/aromatic N) is 5. The minimum atomic E-state index is -0.434. The predicted octanol–water partition coefficient (Wildman–Crippen LogP) is 3.59. The van der Waals surface area contributed by atoms with Crippen molar-refractivity contribution in [2.75, 3.05) is 42.9 Å². The largest absolute Gasteiger partial charge is 0.353 e. The Morgan fingerprint density at radius 2 is 1.64 bits per heavy atom. The number of para-hydroxylation sites is 2. The van der Waals surface area contributed by atoms with Gasteiger partial charge in [-0.2, -0.15) is 0 Å². The van der Waals surface area contributed by atoms with Crippen LogP contribution >= 0.6 is 0 Å². The van der Waals surface area contributed by atoms with E-state index in [9.17, 15) is 9.18 Å². The van der Waals surface area contributed by atoms with Crippen molar-refractivity contribution in [3.05, 3.63) is 78.9 Å². The first-order chi connectivity index (χ1) is 16.2. The maximum absolute atomic E-state index is 13.8. The number of carbonyl (C=O) groups excluding carboxylic acids is 1. The molecule has 3 heterocycles. The molecule has 0 saturated carbocycles. The zero-order valence-electron chi connectivity index (χ0n) is 18.0. The quantitative estimate of drug-likeness (QED) is 0.509. The van der Waals surface area contributed by atoms with Crippen LogP contribution in [0.4, 0.5) is 15.9 Å². The number of carbonyl (C=O) groups is 1. The second-order valence-electron chi connectivity index (χ2n) is 7.92. The number of aromatic nitrogens is 3. The lowest BCUT2D eigenvalue weighted by molar-refractivity contribution is -0.117. The van der Waals surface area contributed by atoms with Crippen LogP contribution in [0, 0.1) is 5.82 Å². The van der Waals surface area contributed by atoms with E-state index in [4.69, 9.17) is 9.97 Å².